The number of ether oxygens (including phenoxy) is 2. The molecular formula is C17H19N3O5S. The summed E-state index contributed by atoms with van der Waals surface area (Å²) < 4.78 is 37.4. The molecule has 1 N–H and O–H groups in total. The number of aromatic nitrogens is 1. The minimum Gasteiger partial charge on any atom is -0.496 e. The first-order chi connectivity index (χ1) is 12.5. The highest BCUT2D eigenvalue weighted by atomic mass is 32.2. The van der Waals surface area contributed by atoms with Crippen LogP contribution in [-0.2, 0) is 14.8 Å². The van der Waals surface area contributed by atoms with Crippen LogP contribution in [0.1, 0.15) is 10.4 Å². The van der Waals surface area contributed by atoms with E-state index in [0.717, 1.165) is 0 Å². The average Bonchev–Trinajstić information content (AvgIpc) is 2.69. The molecule has 3 rings (SSSR count). The summed E-state index contributed by atoms with van der Waals surface area (Å²) in [7, 11) is -2.29. The molecule has 0 unspecified atom stereocenters. The van der Waals surface area contributed by atoms with Crippen LogP contribution in [0.25, 0.3) is 0 Å². The molecule has 1 saturated heterocycles. The molecule has 0 atom stereocenters. The SMILES string of the molecule is COc1ccc(S(=O)(=O)N2CCOCC2)cc1C(=O)Nc1cccnc1. The van der Waals surface area contributed by atoms with E-state index in [9.17, 15) is 13.2 Å². The second-order valence-electron chi connectivity index (χ2n) is 5.57. The molecule has 1 amide bonds. The van der Waals surface area contributed by atoms with Crippen molar-refractivity contribution in [3.8, 4) is 5.75 Å². The molecule has 9 heteroatoms. The van der Waals surface area contributed by atoms with E-state index in [1.54, 1.807) is 18.3 Å². The zero-order chi connectivity index (χ0) is 18.6. The van der Waals surface area contributed by atoms with Crippen LogP contribution in [0.3, 0.4) is 0 Å². The first-order valence-electron chi connectivity index (χ1n) is 7.99. The number of methoxy groups -OCH3 is 1. The van der Waals surface area contributed by atoms with Gasteiger partial charge in [-0.1, -0.05) is 0 Å². The number of carbonyl (C=O) groups excluding carboxylic acids is 1. The zero-order valence-corrected chi connectivity index (χ0v) is 15.0. The average molecular weight is 377 g/mol. The molecule has 8 nitrogen and oxygen atoms in total. The van der Waals surface area contributed by atoms with E-state index in [-0.39, 0.29) is 29.3 Å². The van der Waals surface area contributed by atoms with Crippen LogP contribution >= 0.6 is 0 Å². The predicted octanol–water partition coefficient (Wildman–Crippen LogP) is 1.36. The summed E-state index contributed by atoms with van der Waals surface area (Å²) in [4.78, 5) is 16.6. The Labute approximate surface area is 151 Å². The number of nitrogens with one attached hydrogen (secondary N) is 1. The first-order valence-corrected chi connectivity index (χ1v) is 9.43. The predicted molar refractivity (Wildman–Crippen MR) is 94.8 cm³/mol. The van der Waals surface area contributed by atoms with E-state index in [4.69, 9.17) is 9.47 Å². The summed E-state index contributed by atoms with van der Waals surface area (Å²) in [6.45, 7) is 1.27. The highest BCUT2D eigenvalue weighted by Gasteiger charge is 2.28. The molecule has 2 aromatic rings. The summed E-state index contributed by atoms with van der Waals surface area (Å²) in [6, 6.07) is 7.61. The smallest absolute Gasteiger partial charge is 0.259 e. The number of rotatable bonds is 5. The standard InChI is InChI=1S/C17H19N3O5S/c1-24-16-5-4-14(26(22,23)20-7-9-25-10-8-20)11-15(16)17(21)19-13-3-2-6-18-12-13/h2-6,11-12H,7-10H2,1H3,(H,19,21). The zero-order valence-electron chi connectivity index (χ0n) is 14.2. The van der Waals surface area contributed by atoms with Crippen molar-refractivity contribution in [2.24, 2.45) is 0 Å². The lowest BCUT2D eigenvalue weighted by Gasteiger charge is -2.26. The third kappa shape index (κ3) is 3.85. The Morgan fingerprint density at radius 3 is 2.69 bits per heavy atom. The van der Waals surface area contributed by atoms with Crippen molar-refractivity contribution in [2.75, 3.05) is 38.7 Å². The fourth-order valence-electron chi connectivity index (χ4n) is 2.60. The number of hydrogen-bond donors (Lipinski definition) is 1. The lowest BCUT2D eigenvalue weighted by Crippen LogP contribution is -2.40. The van der Waals surface area contributed by atoms with E-state index >= 15 is 0 Å². The summed E-state index contributed by atoms with van der Waals surface area (Å²) in [6.07, 6.45) is 3.09. The Hall–Kier alpha value is -2.49. The van der Waals surface area contributed by atoms with Crippen molar-refractivity contribution in [1.29, 1.82) is 0 Å². The van der Waals surface area contributed by atoms with E-state index in [0.29, 0.717) is 18.9 Å². The van der Waals surface area contributed by atoms with Crippen LogP contribution in [0.2, 0.25) is 0 Å². The number of pyridine rings is 1. The molecule has 0 aliphatic carbocycles. The number of morpholine rings is 1. The van der Waals surface area contributed by atoms with Crippen molar-refractivity contribution in [3.05, 3.63) is 48.3 Å². The maximum Gasteiger partial charge on any atom is 0.259 e. The maximum atomic E-state index is 12.8. The number of benzene rings is 1. The van der Waals surface area contributed by atoms with E-state index < -0.39 is 15.9 Å². The maximum absolute atomic E-state index is 12.8. The largest absolute Gasteiger partial charge is 0.496 e. The molecule has 1 aliphatic heterocycles. The lowest BCUT2D eigenvalue weighted by atomic mass is 10.2. The first kappa shape index (κ1) is 18.3. The molecular weight excluding hydrogens is 358 g/mol. The molecule has 138 valence electrons. The molecule has 0 radical (unpaired) electrons. The van der Waals surface area contributed by atoms with Crippen molar-refractivity contribution in [3.63, 3.8) is 0 Å². The van der Waals surface area contributed by atoms with Crippen LogP contribution < -0.4 is 10.1 Å². The van der Waals surface area contributed by atoms with Gasteiger partial charge in [-0.3, -0.25) is 9.78 Å². The Kier molecular flexibility index (Phi) is 5.50. The second-order valence-corrected chi connectivity index (χ2v) is 7.51. The van der Waals surface area contributed by atoms with Gasteiger partial charge in [0.15, 0.2) is 0 Å². The number of carbonyl (C=O) groups is 1. The highest BCUT2D eigenvalue weighted by molar-refractivity contribution is 7.89. The summed E-state index contributed by atoms with van der Waals surface area (Å²) in [5.74, 6) is -0.193. The molecule has 0 spiro atoms. The monoisotopic (exact) mass is 377 g/mol. The Morgan fingerprint density at radius 2 is 2.04 bits per heavy atom. The summed E-state index contributed by atoms with van der Waals surface area (Å²) >= 11 is 0. The number of amides is 1. The van der Waals surface area contributed by atoms with E-state index in [1.807, 2.05) is 0 Å². The number of nitrogens with zero attached hydrogens (tertiary/aromatic N) is 2. The third-order valence-electron chi connectivity index (χ3n) is 3.94. The molecule has 26 heavy (non-hydrogen) atoms. The van der Waals surface area contributed by atoms with Crippen molar-refractivity contribution < 1.29 is 22.7 Å². The fourth-order valence-corrected chi connectivity index (χ4v) is 4.03. The lowest BCUT2D eigenvalue weighted by molar-refractivity contribution is 0.0730. The Bertz CT molecular complexity index is 881. The van der Waals surface area contributed by atoms with Gasteiger partial charge in [0.1, 0.15) is 5.75 Å². The molecule has 2 heterocycles. The minimum atomic E-state index is -3.71. The van der Waals surface area contributed by atoms with Crippen molar-refractivity contribution in [2.45, 2.75) is 4.90 Å². The topological polar surface area (TPSA) is 97.8 Å². The molecule has 1 aromatic carbocycles. The Balaban J connectivity index is 1.92. The number of hydrogen-bond acceptors (Lipinski definition) is 6. The van der Waals surface area contributed by atoms with Gasteiger partial charge in [-0.2, -0.15) is 4.31 Å². The van der Waals surface area contributed by atoms with Gasteiger partial charge in [-0.25, -0.2) is 8.42 Å². The van der Waals surface area contributed by atoms with Crippen LogP contribution in [0.15, 0.2) is 47.6 Å². The molecule has 1 aliphatic rings. The van der Waals surface area contributed by atoms with Gasteiger partial charge in [0.05, 0.1) is 42.7 Å². The van der Waals surface area contributed by atoms with Gasteiger partial charge in [-0.15, -0.1) is 0 Å². The summed E-state index contributed by atoms with van der Waals surface area (Å²) in [5.41, 5.74) is 0.631. The Morgan fingerprint density at radius 1 is 1.27 bits per heavy atom. The van der Waals surface area contributed by atoms with E-state index in [1.165, 1.54) is 35.8 Å². The fraction of sp³-hybridized carbons (Fsp3) is 0.294. The highest BCUT2D eigenvalue weighted by Crippen LogP contribution is 2.26. The van der Waals surface area contributed by atoms with E-state index in [2.05, 4.69) is 10.3 Å². The molecule has 0 saturated carbocycles. The normalized spacial score (nSPS) is 15.4. The molecule has 1 aromatic heterocycles. The van der Waals surface area contributed by atoms with Crippen LogP contribution in [-0.4, -0.2) is 57.0 Å². The van der Waals surface area contributed by atoms with Crippen molar-refractivity contribution in [1.82, 2.24) is 9.29 Å². The van der Waals surface area contributed by atoms with Crippen LogP contribution in [0.4, 0.5) is 5.69 Å². The number of anilines is 1. The van der Waals surface area contributed by atoms with Gasteiger partial charge < -0.3 is 14.8 Å². The molecule has 1 fully saturated rings. The van der Waals surface area contributed by atoms with Crippen LogP contribution in [0, 0.1) is 0 Å². The van der Waals surface area contributed by atoms with Crippen LogP contribution in [0.5, 0.6) is 5.75 Å². The molecule has 0 bridgehead atoms. The van der Waals surface area contributed by atoms with Crippen molar-refractivity contribution >= 4 is 21.6 Å². The third-order valence-corrected chi connectivity index (χ3v) is 5.84. The van der Waals surface area contributed by atoms with Gasteiger partial charge in [-0.05, 0) is 30.3 Å². The minimum absolute atomic E-state index is 0.0385. The number of sulfonamides is 1. The second kappa shape index (κ2) is 7.81. The van der Waals surface area contributed by atoms with Gasteiger partial charge in [0, 0.05) is 19.3 Å². The van der Waals surface area contributed by atoms with Gasteiger partial charge in [0.25, 0.3) is 5.91 Å². The van der Waals surface area contributed by atoms with Gasteiger partial charge in [0.2, 0.25) is 10.0 Å². The van der Waals surface area contributed by atoms with Gasteiger partial charge >= 0.3 is 0 Å². The summed E-state index contributed by atoms with van der Waals surface area (Å²) in [5, 5.41) is 2.68. The quantitative estimate of drug-likeness (QED) is 0.845.